The molecular formula is C7H10N2O. The molecule has 0 atom stereocenters. The Balaban J connectivity index is 2.49. The minimum atomic E-state index is 0.714. The van der Waals surface area contributed by atoms with E-state index in [0.717, 1.165) is 11.6 Å². The fourth-order valence-electron chi connectivity index (χ4n) is 0.626. The summed E-state index contributed by atoms with van der Waals surface area (Å²) in [5.74, 6) is 1.57. The van der Waals surface area contributed by atoms with Crippen molar-refractivity contribution in [1.82, 2.24) is 5.16 Å². The molecule has 0 aliphatic heterocycles. The zero-order valence-electron chi connectivity index (χ0n) is 5.92. The van der Waals surface area contributed by atoms with Crippen molar-refractivity contribution in [2.45, 2.75) is 6.92 Å². The van der Waals surface area contributed by atoms with Gasteiger partial charge in [0.2, 0.25) is 0 Å². The van der Waals surface area contributed by atoms with E-state index in [9.17, 15) is 0 Å². The molecule has 0 saturated heterocycles. The first-order chi connectivity index (χ1) is 4.83. The molecule has 10 heavy (non-hydrogen) atoms. The van der Waals surface area contributed by atoms with Gasteiger partial charge in [0.1, 0.15) is 5.76 Å². The summed E-state index contributed by atoms with van der Waals surface area (Å²) in [6, 6.07) is 1.84. The molecule has 1 heterocycles. The van der Waals surface area contributed by atoms with Gasteiger partial charge in [-0.1, -0.05) is 11.2 Å². The molecule has 0 aliphatic carbocycles. The zero-order chi connectivity index (χ0) is 7.40. The Morgan fingerprint density at radius 2 is 2.70 bits per heavy atom. The molecule has 0 saturated carbocycles. The fourth-order valence-corrected chi connectivity index (χ4v) is 0.626. The lowest BCUT2D eigenvalue weighted by atomic mass is 10.5. The molecule has 0 unspecified atom stereocenters. The number of anilines is 1. The smallest absolute Gasteiger partial charge is 0.169 e. The number of aromatic nitrogens is 1. The maximum atomic E-state index is 4.81. The van der Waals surface area contributed by atoms with Gasteiger partial charge in [-0.25, -0.2) is 0 Å². The molecule has 0 bridgehead atoms. The zero-order valence-corrected chi connectivity index (χ0v) is 5.92. The minimum absolute atomic E-state index is 0.714. The number of nitrogens with one attached hydrogen (secondary N) is 1. The number of rotatable bonds is 3. The third kappa shape index (κ3) is 1.62. The highest BCUT2D eigenvalue weighted by molar-refractivity contribution is 5.33. The third-order valence-corrected chi connectivity index (χ3v) is 1.06. The quantitative estimate of drug-likeness (QED) is 0.644. The van der Waals surface area contributed by atoms with Crippen molar-refractivity contribution in [2.75, 3.05) is 11.9 Å². The van der Waals surface area contributed by atoms with Crippen molar-refractivity contribution < 1.29 is 4.52 Å². The summed E-state index contributed by atoms with van der Waals surface area (Å²) in [6.07, 6.45) is 1.77. The third-order valence-electron chi connectivity index (χ3n) is 1.06. The second-order valence-corrected chi connectivity index (χ2v) is 1.99. The number of nitrogens with zero attached hydrogens (tertiary/aromatic N) is 1. The Morgan fingerprint density at radius 1 is 1.90 bits per heavy atom. The van der Waals surface area contributed by atoms with Gasteiger partial charge in [-0.05, 0) is 6.92 Å². The summed E-state index contributed by atoms with van der Waals surface area (Å²) in [5.41, 5.74) is 0. The molecule has 1 aromatic heterocycles. The van der Waals surface area contributed by atoms with Crippen LogP contribution < -0.4 is 5.32 Å². The van der Waals surface area contributed by atoms with Crippen molar-refractivity contribution in [2.24, 2.45) is 0 Å². The van der Waals surface area contributed by atoms with Crippen LogP contribution in [-0.4, -0.2) is 11.7 Å². The van der Waals surface area contributed by atoms with Gasteiger partial charge in [0.15, 0.2) is 5.82 Å². The predicted octanol–water partition coefficient (Wildman–Crippen LogP) is 1.58. The van der Waals surface area contributed by atoms with Crippen LogP contribution in [0.1, 0.15) is 5.76 Å². The fraction of sp³-hybridized carbons (Fsp3) is 0.286. The van der Waals surface area contributed by atoms with Gasteiger partial charge < -0.3 is 9.84 Å². The van der Waals surface area contributed by atoms with Gasteiger partial charge in [-0.3, -0.25) is 0 Å². The second-order valence-electron chi connectivity index (χ2n) is 1.99. The molecule has 1 N–H and O–H groups in total. The first kappa shape index (κ1) is 6.86. The largest absolute Gasteiger partial charge is 0.364 e. The lowest BCUT2D eigenvalue weighted by Crippen LogP contribution is -1.96. The van der Waals surface area contributed by atoms with Crippen LogP contribution in [0.5, 0.6) is 0 Å². The summed E-state index contributed by atoms with van der Waals surface area (Å²) >= 11 is 0. The van der Waals surface area contributed by atoms with Gasteiger partial charge in [0.05, 0.1) is 0 Å². The monoisotopic (exact) mass is 138 g/mol. The molecule has 0 amide bonds. The van der Waals surface area contributed by atoms with Crippen LogP contribution in [0.25, 0.3) is 0 Å². The van der Waals surface area contributed by atoms with E-state index in [1.165, 1.54) is 0 Å². The Labute approximate surface area is 59.7 Å². The first-order valence-electron chi connectivity index (χ1n) is 3.11. The summed E-state index contributed by atoms with van der Waals surface area (Å²) in [7, 11) is 0. The lowest BCUT2D eigenvalue weighted by Gasteiger charge is -1.92. The number of aryl methyl sites for hydroxylation is 1. The van der Waals surface area contributed by atoms with Crippen molar-refractivity contribution in [3.63, 3.8) is 0 Å². The summed E-state index contributed by atoms with van der Waals surface area (Å²) in [5, 5.41) is 6.71. The molecule has 3 nitrogen and oxygen atoms in total. The molecule has 1 rings (SSSR count). The summed E-state index contributed by atoms with van der Waals surface area (Å²) in [4.78, 5) is 0. The van der Waals surface area contributed by atoms with Gasteiger partial charge in [0, 0.05) is 12.6 Å². The van der Waals surface area contributed by atoms with Crippen LogP contribution in [-0.2, 0) is 0 Å². The first-order valence-corrected chi connectivity index (χ1v) is 3.11. The summed E-state index contributed by atoms with van der Waals surface area (Å²) < 4.78 is 4.81. The van der Waals surface area contributed by atoms with E-state index in [-0.39, 0.29) is 0 Å². The molecule has 3 heteroatoms. The van der Waals surface area contributed by atoms with Crippen molar-refractivity contribution >= 4 is 5.82 Å². The minimum Gasteiger partial charge on any atom is -0.364 e. The van der Waals surface area contributed by atoms with E-state index in [2.05, 4.69) is 17.1 Å². The average Bonchev–Trinajstić information content (AvgIpc) is 2.31. The summed E-state index contributed by atoms with van der Waals surface area (Å²) in [6.45, 7) is 6.13. The Kier molecular flexibility index (Phi) is 2.10. The molecule has 0 aliphatic rings. The molecule has 1 aromatic rings. The van der Waals surface area contributed by atoms with Crippen molar-refractivity contribution in [1.29, 1.82) is 0 Å². The van der Waals surface area contributed by atoms with E-state index in [1.54, 1.807) is 6.08 Å². The highest BCUT2D eigenvalue weighted by Gasteiger charge is 1.95. The molecule has 0 radical (unpaired) electrons. The average molecular weight is 138 g/mol. The normalized spacial score (nSPS) is 9.30. The van der Waals surface area contributed by atoms with Gasteiger partial charge in [-0.2, -0.15) is 0 Å². The topological polar surface area (TPSA) is 38.1 Å². The van der Waals surface area contributed by atoms with Crippen LogP contribution in [0, 0.1) is 6.92 Å². The number of hydrogen-bond donors (Lipinski definition) is 1. The van der Waals surface area contributed by atoms with E-state index >= 15 is 0 Å². The van der Waals surface area contributed by atoms with Crippen LogP contribution in [0.4, 0.5) is 5.82 Å². The Hall–Kier alpha value is -1.25. The second kappa shape index (κ2) is 3.06. The molecule has 0 fully saturated rings. The van der Waals surface area contributed by atoms with E-state index < -0.39 is 0 Å². The molecule has 54 valence electrons. The predicted molar refractivity (Wildman–Crippen MR) is 39.9 cm³/mol. The Morgan fingerprint density at radius 3 is 3.20 bits per heavy atom. The highest BCUT2D eigenvalue weighted by Crippen LogP contribution is 2.05. The van der Waals surface area contributed by atoms with Crippen LogP contribution in [0.3, 0.4) is 0 Å². The van der Waals surface area contributed by atoms with Crippen LogP contribution >= 0.6 is 0 Å². The maximum Gasteiger partial charge on any atom is 0.169 e. The lowest BCUT2D eigenvalue weighted by molar-refractivity contribution is 0.400. The SMILES string of the molecule is C=CCNc1cc(C)on1. The molecule has 0 aromatic carbocycles. The number of hydrogen-bond acceptors (Lipinski definition) is 3. The standard InChI is InChI=1S/C7H10N2O/c1-3-4-8-7-5-6(2)10-9-7/h3,5H,1,4H2,2H3,(H,8,9). The van der Waals surface area contributed by atoms with Crippen LogP contribution in [0.15, 0.2) is 23.2 Å². The van der Waals surface area contributed by atoms with Crippen molar-refractivity contribution in [3.8, 4) is 0 Å². The van der Waals surface area contributed by atoms with E-state index in [1.807, 2.05) is 13.0 Å². The highest BCUT2D eigenvalue weighted by atomic mass is 16.5. The van der Waals surface area contributed by atoms with Gasteiger partial charge in [0.25, 0.3) is 0 Å². The van der Waals surface area contributed by atoms with Gasteiger partial charge in [-0.15, -0.1) is 6.58 Å². The van der Waals surface area contributed by atoms with E-state index in [4.69, 9.17) is 4.52 Å². The molecular weight excluding hydrogens is 128 g/mol. The molecule has 0 spiro atoms. The van der Waals surface area contributed by atoms with Crippen LogP contribution in [0.2, 0.25) is 0 Å². The Bertz CT molecular complexity index is 217. The maximum absolute atomic E-state index is 4.81. The van der Waals surface area contributed by atoms with Gasteiger partial charge >= 0.3 is 0 Å². The van der Waals surface area contributed by atoms with Crippen molar-refractivity contribution in [3.05, 3.63) is 24.5 Å². The van der Waals surface area contributed by atoms with E-state index in [0.29, 0.717) is 6.54 Å².